The van der Waals surface area contributed by atoms with Gasteiger partial charge in [-0.2, -0.15) is 0 Å². The predicted molar refractivity (Wildman–Crippen MR) is 129 cm³/mol. The summed E-state index contributed by atoms with van der Waals surface area (Å²) < 4.78 is 16.6. The van der Waals surface area contributed by atoms with Gasteiger partial charge >= 0.3 is 17.9 Å². The molecule has 0 bridgehead atoms. The number of nitro benzene ring substituents is 1. The van der Waals surface area contributed by atoms with E-state index in [0.29, 0.717) is 19.3 Å². The quantitative estimate of drug-likeness (QED) is 0.127. The first-order valence-electron chi connectivity index (χ1n) is 12.2. The van der Waals surface area contributed by atoms with E-state index in [1.54, 1.807) is 18.2 Å². The number of ether oxygens (including phenoxy) is 3. The minimum absolute atomic E-state index is 0.0504. The van der Waals surface area contributed by atoms with Crippen molar-refractivity contribution in [3.05, 3.63) is 51.1 Å². The van der Waals surface area contributed by atoms with E-state index >= 15 is 0 Å². The second-order valence-corrected chi connectivity index (χ2v) is 9.79. The molecule has 0 aromatic heterocycles. The lowest BCUT2D eigenvalue weighted by Gasteiger charge is -2.40. The average molecular weight is 515 g/mol. The minimum atomic E-state index is -1.58. The molecule has 1 fully saturated rings. The molecule has 0 saturated carbocycles. The second-order valence-electron chi connectivity index (χ2n) is 9.79. The van der Waals surface area contributed by atoms with Crippen LogP contribution in [0.2, 0.25) is 0 Å². The maximum atomic E-state index is 13.3. The van der Waals surface area contributed by atoms with E-state index in [9.17, 15) is 24.5 Å². The third-order valence-electron chi connectivity index (χ3n) is 7.25. The Balaban J connectivity index is 1.65. The number of rotatable bonds is 8. The van der Waals surface area contributed by atoms with Crippen molar-refractivity contribution in [2.45, 2.75) is 71.2 Å². The van der Waals surface area contributed by atoms with Crippen molar-refractivity contribution in [2.24, 2.45) is 17.0 Å². The van der Waals surface area contributed by atoms with E-state index in [4.69, 9.17) is 19.0 Å². The SMILES string of the molecule is CC(=O)OCCC[C@H](C)C1=C(C)C[C@H]2OC(=O)[C@]3(CC(c4ccccc4[N+](=O)[O-])=NO3)[C@H]2[C@@H]1OC(C)=O. The van der Waals surface area contributed by atoms with E-state index in [1.807, 2.05) is 13.8 Å². The van der Waals surface area contributed by atoms with Crippen LogP contribution in [-0.2, 0) is 33.4 Å². The Morgan fingerprint density at radius 1 is 1.27 bits per heavy atom. The normalized spacial score (nSPS) is 27.2. The molecule has 2 heterocycles. The summed E-state index contributed by atoms with van der Waals surface area (Å²) in [5.74, 6) is -2.24. The number of para-hydroxylation sites is 1. The van der Waals surface area contributed by atoms with Gasteiger partial charge in [0.05, 0.1) is 28.7 Å². The van der Waals surface area contributed by atoms with Crippen molar-refractivity contribution >= 4 is 29.3 Å². The number of benzene rings is 1. The van der Waals surface area contributed by atoms with Crippen molar-refractivity contribution in [1.82, 2.24) is 0 Å². The first kappa shape index (κ1) is 26.3. The number of nitro groups is 1. The molecule has 11 nitrogen and oxygen atoms in total. The molecule has 11 heteroatoms. The van der Waals surface area contributed by atoms with Crippen LogP contribution in [0.25, 0.3) is 0 Å². The standard InChI is InChI=1S/C26H30N2O9/c1-14(8-7-11-34-16(3)29)22-15(2)12-21-23(24(22)35-17(4)30)26(25(31)36-21)13-19(27-37-26)18-9-5-6-10-20(18)28(32)33/h5-6,9-10,14,21,23-24H,7-8,11-13H2,1-4H3/t14-,21+,23+,24+,26-/m0/s1. The highest BCUT2D eigenvalue weighted by Gasteiger charge is 2.68. The summed E-state index contributed by atoms with van der Waals surface area (Å²) in [5.41, 5.74) is 0.616. The number of hydrogen-bond donors (Lipinski definition) is 0. The van der Waals surface area contributed by atoms with E-state index in [-0.39, 0.29) is 41.9 Å². The van der Waals surface area contributed by atoms with E-state index in [2.05, 4.69) is 5.16 Å². The van der Waals surface area contributed by atoms with Crippen LogP contribution < -0.4 is 0 Å². The Hall–Kier alpha value is -3.76. The molecule has 0 unspecified atom stereocenters. The molecule has 37 heavy (non-hydrogen) atoms. The Kier molecular flexibility index (Phi) is 7.33. The van der Waals surface area contributed by atoms with Gasteiger partial charge in [0.1, 0.15) is 12.2 Å². The molecule has 5 atom stereocenters. The fourth-order valence-electron chi connectivity index (χ4n) is 5.75. The molecule has 0 N–H and O–H groups in total. The van der Waals surface area contributed by atoms with Crippen LogP contribution in [0.5, 0.6) is 0 Å². The molecule has 198 valence electrons. The van der Waals surface area contributed by atoms with Gasteiger partial charge in [-0.1, -0.05) is 29.8 Å². The number of carbonyl (C=O) groups excluding carboxylic acids is 3. The molecule has 0 radical (unpaired) electrons. The van der Waals surface area contributed by atoms with Gasteiger partial charge in [0, 0.05) is 32.8 Å². The van der Waals surface area contributed by atoms with Crippen molar-refractivity contribution in [2.75, 3.05) is 6.61 Å². The Labute approximate surface area is 213 Å². The Morgan fingerprint density at radius 3 is 2.68 bits per heavy atom. The highest BCUT2D eigenvalue weighted by Crippen LogP contribution is 2.52. The zero-order valence-electron chi connectivity index (χ0n) is 21.2. The lowest BCUT2D eigenvalue weighted by Crippen LogP contribution is -2.52. The third-order valence-corrected chi connectivity index (χ3v) is 7.25. The summed E-state index contributed by atoms with van der Waals surface area (Å²) in [6.07, 6.45) is 0.240. The predicted octanol–water partition coefficient (Wildman–Crippen LogP) is 3.63. The van der Waals surface area contributed by atoms with Gasteiger partial charge in [0.2, 0.25) is 5.60 Å². The molecule has 1 aromatic rings. The van der Waals surface area contributed by atoms with Gasteiger partial charge in [-0.05, 0) is 37.3 Å². The fraction of sp³-hybridized carbons (Fsp3) is 0.538. The average Bonchev–Trinajstić information content (AvgIpc) is 3.38. The number of oxime groups is 1. The fourth-order valence-corrected chi connectivity index (χ4v) is 5.75. The maximum Gasteiger partial charge on any atom is 0.354 e. The summed E-state index contributed by atoms with van der Waals surface area (Å²) in [5, 5.41) is 15.7. The van der Waals surface area contributed by atoms with Gasteiger partial charge in [-0.15, -0.1) is 0 Å². The lowest BCUT2D eigenvalue weighted by atomic mass is 9.68. The van der Waals surface area contributed by atoms with Crippen molar-refractivity contribution < 1.29 is 38.4 Å². The maximum absolute atomic E-state index is 13.3. The summed E-state index contributed by atoms with van der Waals surface area (Å²) in [4.78, 5) is 53.5. The van der Waals surface area contributed by atoms with Gasteiger partial charge in [0.25, 0.3) is 5.69 Å². The highest BCUT2D eigenvalue weighted by molar-refractivity contribution is 6.07. The van der Waals surface area contributed by atoms with E-state index in [0.717, 1.165) is 11.1 Å². The molecule has 3 aliphatic rings. The Bertz CT molecular complexity index is 1190. The van der Waals surface area contributed by atoms with Crippen LogP contribution >= 0.6 is 0 Å². The molecular formula is C26H30N2O9. The molecule has 1 spiro atoms. The van der Waals surface area contributed by atoms with Gasteiger partial charge in [-0.25, -0.2) is 4.79 Å². The van der Waals surface area contributed by atoms with Crippen LogP contribution in [0.15, 0.2) is 40.6 Å². The lowest BCUT2D eigenvalue weighted by molar-refractivity contribution is -0.385. The van der Waals surface area contributed by atoms with Crippen molar-refractivity contribution in [3.63, 3.8) is 0 Å². The number of nitrogens with zero attached hydrogens (tertiary/aromatic N) is 2. The van der Waals surface area contributed by atoms with Gasteiger partial charge < -0.3 is 19.0 Å². The number of hydrogen-bond acceptors (Lipinski definition) is 10. The molecule has 0 amide bonds. The summed E-state index contributed by atoms with van der Waals surface area (Å²) >= 11 is 0. The van der Waals surface area contributed by atoms with Crippen molar-refractivity contribution in [3.8, 4) is 0 Å². The first-order chi connectivity index (χ1) is 17.5. The smallest absolute Gasteiger partial charge is 0.354 e. The van der Waals surface area contributed by atoms with E-state index < -0.39 is 40.6 Å². The minimum Gasteiger partial charge on any atom is -0.466 e. The largest absolute Gasteiger partial charge is 0.466 e. The van der Waals surface area contributed by atoms with Crippen LogP contribution in [-0.4, -0.2) is 53.0 Å². The second kappa shape index (κ2) is 10.3. The first-order valence-corrected chi connectivity index (χ1v) is 12.2. The topological polar surface area (TPSA) is 144 Å². The highest BCUT2D eigenvalue weighted by atomic mass is 16.7. The molecular weight excluding hydrogens is 484 g/mol. The Morgan fingerprint density at radius 2 is 2.00 bits per heavy atom. The summed E-state index contributed by atoms with van der Waals surface area (Å²) in [6, 6.07) is 6.12. The zero-order chi connectivity index (χ0) is 26.9. The monoisotopic (exact) mass is 514 g/mol. The molecule has 1 saturated heterocycles. The van der Waals surface area contributed by atoms with Gasteiger partial charge in [0.15, 0.2) is 0 Å². The molecule has 1 aromatic carbocycles. The van der Waals surface area contributed by atoms with Gasteiger partial charge in [-0.3, -0.25) is 19.7 Å². The third kappa shape index (κ3) is 4.94. The van der Waals surface area contributed by atoms with Crippen molar-refractivity contribution in [1.29, 1.82) is 0 Å². The number of fused-ring (bicyclic) bond motifs is 2. The number of esters is 3. The van der Waals surface area contributed by atoms with Crippen LogP contribution in [0.3, 0.4) is 0 Å². The molecule has 4 rings (SSSR count). The van der Waals surface area contributed by atoms with Crippen LogP contribution in [0, 0.1) is 22.0 Å². The summed E-state index contributed by atoms with van der Waals surface area (Å²) in [7, 11) is 0. The molecule has 2 aliphatic heterocycles. The number of carbonyl (C=O) groups is 3. The van der Waals surface area contributed by atoms with Crippen LogP contribution in [0.4, 0.5) is 5.69 Å². The van der Waals surface area contributed by atoms with Crippen LogP contribution in [0.1, 0.15) is 58.9 Å². The molecule has 1 aliphatic carbocycles. The zero-order valence-corrected chi connectivity index (χ0v) is 21.2. The summed E-state index contributed by atoms with van der Waals surface area (Å²) in [6.45, 7) is 6.86. The van der Waals surface area contributed by atoms with E-state index in [1.165, 1.54) is 19.9 Å².